The highest BCUT2D eigenvalue weighted by Crippen LogP contribution is 2.31. The molecular weight excluding hydrogens is 337 g/mol. The predicted molar refractivity (Wildman–Crippen MR) is 97.1 cm³/mol. The molecule has 0 saturated carbocycles. The Morgan fingerprint density at radius 1 is 1.12 bits per heavy atom. The summed E-state index contributed by atoms with van der Waals surface area (Å²) in [5, 5.41) is 0.734. The average molecular weight is 355 g/mol. The van der Waals surface area contributed by atoms with Crippen LogP contribution in [0, 0.1) is 12.7 Å². The lowest BCUT2D eigenvalue weighted by atomic mass is 10.1. The molecule has 0 fully saturated rings. The van der Waals surface area contributed by atoms with E-state index in [4.69, 9.17) is 9.47 Å². The highest BCUT2D eigenvalue weighted by molar-refractivity contribution is 5.98. The number of hydrogen-bond donors (Lipinski definition) is 2. The number of halogens is 1. The highest BCUT2D eigenvalue weighted by Gasteiger charge is 2.11. The van der Waals surface area contributed by atoms with Gasteiger partial charge in [0.2, 0.25) is 0 Å². The van der Waals surface area contributed by atoms with Gasteiger partial charge in [0.1, 0.15) is 5.82 Å². The van der Waals surface area contributed by atoms with Gasteiger partial charge in [-0.25, -0.2) is 4.39 Å². The quantitative estimate of drug-likeness (QED) is 0.686. The third-order valence-corrected chi connectivity index (χ3v) is 4.03. The van der Waals surface area contributed by atoms with Crippen LogP contribution in [0.4, 0.5) is 10.1 Å². The lowest BCUT2D eigenvalue weighted by Crippen LogP contribution is -2.29. The molecule has 1 heterocycles. The molecule has 0 atom stereocenters. The molecule has 2 aromatic carbocycles. The number of amides is 1. The van der Waals surface area contributed by atoms with Crippen LogP contribution in [-0.2, 0) is 0 Å². The Hall–Kier alpha value is -3.35. The number of pyridine rings is 1. The van der Waals surface area contributed by atoms with E-state index < -0.39 is 5.91 Å². The first kappa shape index (κ1) is 17.5. The number of hydrogen-bond acceptors (Lipinski definition) is 5. The molecule has 134 valence electrons. The molecule has 0 radical (unpaired) electrons. The molecule has 3 aromatic rings. The number of methoxy groups -OCH3 is 2. The van der Waals surface area contributed by atoms with E-state index in [0.717, 1.165) is 5.39 Å². The van der Waals surface area contributed by atoms with Crippen molar-refractivity contribution in [3.8, 4) is 11.5 Å². The number of hydrazine groups is 1. The molecule has 0 saturated heterocycles. The maximum Gasteiger partial charge on any atom is 0.271 e. The highest BCUT2D eigenvalue weighted by atomic mass is 19.1. The third-order valence-electron chi connectivity index (χ3n) is 4.03. The number of nitrogens with one attached hydrogen (secondary N) is 2. The van der Waals surface area contributed by atoms with Crippen LogP contribution in [0.1, 0.15) is 15.9 Å². The molecule has 0 bridgehead atoms. The van der Waals surface area contributed by atoms with Gasteiger partial charge in [-0.1, -0.05) is 6.07 Å². The number of anilines is 1. The Kier molecular flexibility index (Phi) is 4.88. The standard InChI is InChI=1S/C19H18FN3O3/c1-11-14(20)5-4-6-15(11)22-23-19(24)13-7-12-8-17(25-2)18(26-3)9-16(12)21-10-13/h4-10,22H,1-3H3,(H,23,24). The van der Waals surface area contributed by atoms with E-state index in [9.17, 15) is 9.18 Å². The molecule has 0 aliphatic heterocycles. The van der Waals surface area contributed by atoms with Crippen LogP contribution < -0.4 is 20.3 Å². The first-order valence-corrected chi connectivity index (χ1v) is 7.86. The van der Waals surface area contributed by atoms with E-state index in [-0.39, 0.29) is 5.82 Å². The van der Waals surface area contributed by atoms with Gasteiger partial charge >= 0.3 is 0 Å². The maximum absolute atomic E-state index is 13.5. The normalized spacial score (nSPS) is 10.5. The Morgan fingerprint density at radius 3 is 2.58 bits per heavy atom. The first-order valence-electron chi connectivity index (χ1n) is 7.86. The number of carbonyl (C=O) groups is 1. The van der Waals surface area contributed by atoms with Crippen LogP contribution in [0.15, 0.2) is 42.6 Å². The van der Waals surface area contributed by atoms with Gasteiger partial charge in [0, 0.05) is 23.2 Å². The van der Waals surface area contributed by atoms with Crippen molar-refractivity contribution in [3.63, 3.8) is 0 Å². The van der Waals surface area contributed by atoms with E-state index in [1.807, 2.05) is 0 Å². The minimum absolute atomic E-state index is 0.349. The smallest absolute Gasteiger partial charge is 0.271 e. The third kappa shape index (κ3) is 3.37. The topological polar surface area (TPSA) is 72.5 Å². The fourth-order valence-corrected chi connectivity index (χ4v) is 2.52. The molecule has 1 amide bonds. The van der Waals surface area contributed by atoms with Gasteiger partial charge in [-0.3, -0.25) is 20.6 Å². The van der Waals surface area contributed by atoms with Crippen molar-refractivity contribution in [1.82, 2.24) is 10.4 Å². The fourth-order valence-electron chi connectivity index (χ4n) is 2.52. The van der Waals surface area contributed by atoms with E-state index in [2.05, 4.69) is 15.8 Å². The monoisotopic (exact) mass is 355 g/mol. The summed E-state index contributed by atoms with van der Waals surface area (Å²) in [6.45, 7) is 1.63. The SMILES string of the molecule is COc1cc2cc(C(=O)NNc3cccc(F)c3C)cnc2cc1OC. The van der Waals surface area contributed by atoms with Crippen molar-refractivity contribution in [1.29, 1.82) is 0 Å². The number of ether oxygens (including phenoxy) is 2. The second kappa shape index (κ2) is 7.26. The summed E-state index contributed by atoms with van der Waals surface area (Å²) in [5.41, 5.74) is 7.21. The average Bonchev–Trinajstić information content (AvgIpc) is 2.67. The summed E-state index contributed by atoms with van der Waals surface area (Å²) in [4.78, 5) is 16.7. The Bertz CT molecular complexity index is 976. The summed E-state index contributed by atoms with van der Waals surface area (Å²) in [7, 11) is 3.09. The summed E-state index contributed by atoms with van der Waals surface area (Å²) in [5.74, 6) is 0.372. The van der Waals surface area contributed by atoms with Crippen molar-refractivity contribution in [2.45, 2.75) is 6.92 Å². The van der Waals surface area contributed by atoms with Crippen LogP contribution in [0.5, 0.6) is 11.5 Å². The zero-order valence-electron chi connectivity index (χ0n) is 14.6. The lowest BCUT2D eigenvalue weighted by molar-refractivity contribution is 0.0962. The van der Waals surface area contributed by atoms with E-state index in [1.165, 1.54) is 12.3 Å². The fraction of sp³-hybridized carbons (Fsp3) is 0.158. The molecule has 6 nitrogen and oxygen atoms in total. The van der Waals surface area contributed by atoms with E-state index in [1.54, 1.807) is 51.5 Å². The second-order valence-corrected chi connectivity index (χ2v) is 5.62. The molecule has 0 aliphatic rings. The van der Waals surface area contributed by atoms with Crippen LogP contribution >= 0.6 is 0 Å². The number of carbonyl (C=O) groups excluding carboxylic acids is 1. The Balaban J connectivity index is 1.83. The second-order valence-electron chi connectivity index (χ2n) is 5.62. The number of nitrogens with zero attached hydrogens (tertiary/aromatic N) is 1. The summed E-state index contributed by atoms with van der Waals surface area (Å²) in [6.07, 6.45) is 1.46. The molecule has 1 aromatic heterocycles. The first-order chi connectivity index (χ1) is 12.5. The summed E-state index contributed by atoms with van der Waals surface area (Å²) in [6, 6.07) is 9.78. The van der Waals surface area contributed by atoms with Crippen molar-refractivity contribution in [2.75, 3.05) is 19.6 Å². The van der Waals surface area contributed by atoms with Gasteiger partial charge in [-0.2, -0.15) is 0 Å². The molecule has 0 spiro atoms. The van der Waals surface area contributed by atoms with Crippen LogP contribution in [-0.4, -0.2) is 25.1 Å². The van der Waals surface area contributed by atoms with Crippen molar-refractivity contribution >= 4 is 22.5 Å². The summed E-state index contributed by atoms with van der Waals surface area (Å²) < 4.78 is 24.1. The molecule has 0 unspecified atom stereocenters. The van der Waals surface area contributed by atoms with Gasteiger partial charge in [0.15, 0.2) is 11.5 Å². The number of rotatable bonds is 5. The Labute approximate surface area is 149 Å². The zero-order valence-corrected chi connectivity index (χ0v) is 14.6. The number of benzene rings is 2. The largest absolute Gasteiger partial charge is 0.493 e. The predicted octanol–water partition coefficient (Wildman–Crippen LogP) is 3.46. The van der Waals surface area contributed by atoms with Crippen molar-refractivity contribution in [3.05, 3.63) is 59.5 Å². The molecule has 2 N–H and O–H groups in total. The van der Waals surface area contributed by atoms with Crippen molar-refractivity contribution in [2.24, 2.45) is 0 Å². The summed E-state index contributed by atoms with van der Waals surface area (Å²) >= 11 is 0. The van der Waals surface area contributed by atoms with Gasteiger partial charge in [-0.05, 0) is 31.2 Å². The maximum atomic E-state index is 13.5. The molecule has 7 heteroatoms. The lowest BCUT2D eigenvalue weighted by Gasteiger charge is -2.12. The molecule has 3 rings (SSSR count). The minimum atomic E-state index is -0.391. The van der Waals surface area contributed by atoms with Gasteiger partial charge in [0.05, 0.1) is 31.0 Å². The molecular formula is C19H18FN3O3. The van der Waals surface area contributed by atoms with E-state index in [0.29, 0.717) is 33.8 Å². The number of fused-ring (bicyclic) bond motifs is 1. The minimum Gasteiger partial charge on any atom is -0.493 e. The molecule has 26 heavy (non-hydrogen) atoms. The van der Waals surface area contributed by atoms with Gasteiger partial charge in [0.25, 0.3) is 5.91 Å². The van der Waals surface area contributed by atoms with Crippen molar-refractivity contribution < 1.29 is 18.7 Å². The number of aromatic nitrogens is 1. The Morgan fingerprint density at radius 2 is 1.85 bits per heavy atom. The molecule has 0 aliphatic carbocycles. The van der Waals surface area contributed by atoms with E-state index >= 15 is 0 Å². The zero-order chi connectivity index (χ0) is 18.7. The van der Waals surface area contributed by atoms with Crippen LogP contribution in [0.25, 0.3) is 10.9 Å². The van der Waals surface area contributed by atoms with Crippen LogP contribution in [0.2, 0.25) is 0 Å². The van der Waals surface area contributed by atoms with Gasteiger partial charge < -0.3 is 9.47 Å². The van der Waals surface area contributed by atoms with Gasteiger partial charge in [-0.15, -0.1) is 0 Å². The van der Waals surface area contributed by atoms with Crippen LogP contribution in [0.3, 0.4) is 0 Å².